The molecule has 8 nitrogen and oxygen atoms in total. The Morgan fingerprint density at radius 2 is 0.971 bits per heavy atom. The lowest BCUT2D eigenvalue weighted by molar-refractivity contribution is -0.123. The molecule has 2 amide bonds. The second-order valence-corrected chi connectivity index (χ2v) is 8.65. The first-order chi connectivity index (χ1) is 16.3. The Morgan fingerprint density at radius 3 is 1.29 bits per heavy atom. The molecule has 1 aliphatic carbocycles. The second kappa shape index (κ2) is 12.0. The summed E-state index contributed by atoms with van der Waals surface area (Å²) >= 11 is 0. The first-order valence-corrected chi connectivity index (χ1v) is 11.4. The zero-order valence-electron chi connectivity index (χ0n) is 20.2. The predicted molar refractivity (Wildman–Crippen MR) is 132 cm³/mol. The lowest BCUT2D eigenvalue weighted by Gasteiger charge is -2.15. The zero-order chi connectivity index (χ0) is 24.5. The van der Waals surface area contributed by atoms with E-state index in [1.165, 1.54) is 0 Å². The number of nitrogens with zero attached hydrogens (tertiary/aromatic N) is 2. The third kappa shape index (κ3) is 8.35. The van der Waals surface area contributed by atoms with E-state index in [4.69, 9.17) is 9.47 Å². The first-order valence-electron chi connectivity index (χ1n) is 11.4. The number of hydrazone groups is 2. The molecule has 34 heavy (non-hydrogen) atoms. The molecular formula is C26H32N4O4. The molecule has 1 aliphatic rings. The van der Waals surface area contributed by atoms with Gasteiger partial charge in [-0.1, -0.05) is 12.1 Å². The van der Waals surface area contributed by atoms with Crippen molar-refractivity contribution in [2.45, 2.75) is 53.4 Å². The van der Waals surface area contributed by atoms with Gasteiger partial charge >= 0.3 is 0 Å². The molecule has 0 unspecified atom stereocenters. The minimum absolute atomic E-state index is 0.0946. The molecule has 0 heterocycles. The number of hydrogen-bond acceptors (Lipinski definition) is 6. The van der Waals surface area contributed by atoms with Gasteiger partial charge in [0.15, 0.2) is 13.2 Å². The summed E-state index contributed by atoms with van der Waals surface area (Å²) in [4.78, 5) is 24.1. The predicted octanol–water partition coefficient (Wildman–Crippen LogP) is 3.90. The van der Waals surface area contributed by atoms with Crippen LogP contribution in [0.3, 0.4) is 0 Å². The largest absolute Gasteiger partial charge is 0.484 e. The SMILES string of the molecule is Cc1cc(C)cc(OCC(=O)NN=C2CCC(=NNC(=O)COc3cc(C)cc(C)c3)CC2)c1. The molecule has 0 bridgehead atoms. The van der Waals surface area contributed by atoms with Gasteiger partial charge in [-0.25, -0.2) is 10.9 Å². The van der Waals surface area contributed by atoms with Crippen LogP contribution in [-0.2, 0) is 9.59 Å². The van der Waals surface area contributed by atoms with Crippen molar-refractivity contribution in [1.82, 2.24) is 10.9 Å². The van der Waals surface area contributed by atoms with Gasteiger partial charge in [0.1, 0.15) is 11.5 Å². The lowest BCUT2D eigenvalue weighted by Crippen LogP contribution is -2.28. The summed E-state index contributed by atoms with van der Waals surface area (Å²) in [6.07, 6.45) is 2.69. The van der Waals surface area contributed by atoms with Gasteiger partial charge < -0.3 is 9.47 Å². The van der Waals surface area contributed by atoms with Crippen molar-refractivity contribution < 1.29 is 19.1 Å². The molecule has 0 aliphatic heterocycles. The molecule has 180 valence electrons. The van der Waals surface area contributed by atoms with Crippen LogP contribution in [0, 0.1) is 27.7 Å². The minimum atomic E-state index is -0.304. The van der Waals surface area contributed by atoms with Crippen LogP contribution in [-0.4, -0.2) is 36.5 Å². The van der Waals surface area contributed by atoms with Crippen LogP contribution in [0.1, 0.15) is 47.9 Å². The second-order valence-electron chi connectivity index (χ2n) is 8.65. The summed E-state index contributed by atoms with van der Waals surface area (Å²) in [6, 6.07) is 11.7. The van der Waals surface area contributed by atoms with Gasteiger partial charge in [0.25, 0.3) is 11.8 Å². The van der Waals surface area contributed by atoms with Gasteiger partial charge in [0, 0.05) is 11.4 Å². The van der Waals surface area contributed by atoms with Gasteiger partial charge in [-0.05, 0) is 99.9 Å². The molecule has 2 aromatic rings. The van der Waals surface area contributed by atoms with E-state index in [-0.39, 0.29) is 25.0 Å². The van der Waals surface area contributed by atoms with E-state index in [2.05, 4.69) is 21.1 Å². The average molecular weight is 465 g/mol. The van der Waals surface area contributed by atoms with E-state index in [1.54, 1.807) is 0 Å². The van der Waals surface area contributed by atoms with Gasteiger partial charge in [-0.2, -0.15) is 10.2 Å². The van der Waals surface area contributed by atoms with Crippen LogP contribution < -0.4 is 20.3 Å². The molecule has 0 aromatic heterocycles. The summed E-state index contributed by atoms with van der Waals surface area (Å²) in [5.74, 6) is 0.727. The van der Waals surface area contributed by atoms with Crippen molar-refractivity contribution in [2.75, 3.05) is 13.2 Å². The summed E-state index contributed by atoms with van der Waals surface area (Å²) in [5, 5.41) is 8.42. The monoisotopic (exact) mass is 464 g/mol. The normalized spacial score (nSPS) is 13.2. The third-order valence-electron chi connectivity index (χ3n) is 5.21. The Bertz CT molecular complexity index is 968. The zero-order valence-corrected chi connectivity index (χ0v) is 20.2. The van der Waals surface area contributed by atoms with Crippen molar-refractivity contribution in [3.63, 3.8) is 0 Å². The Labute approximate surface area is 200 Å². The molecule has 2 N–H and O–H groups in total. The van der Waals surface area contributed by atoms with Gasteiger partial charge in [-0.3, -0.25) is 9.59 Å². The van der Waals surface area contributed by atoms with Gasteiger partial charge in [0.2, 0.25) is 0 Å². The van der Waals surface area contributed by atoms with Crippen LogP contribution >= 0.6 is 0 Å². The van der Waals surface area contributed by atoms with E-state index in [1.807, 2.05) is 64.1 Å². The van der Waals surface area contributed by atoms with E-state index >= 15 is 0 Å². The van der Waals surface area contributed by atoms with E-state index in [0.29, 0.717) is 37.2 Å². The highest BCUT2D eigenvalue weighted by Gasteiger charge is 2.14. The van der Waals surface area contributed by atoms with Crippen LogP contribution in [0.2, 0.25) is 0 Å². The fraction of sp³-hybridized carbons (Fsp3) is 0.385. The highest BCUT2D eigenvalue weighted by Crippen LogP contribution is 2.17. The highest BCUT2D eigenvalue weighted by atomic mass is 16.5. The number of amides is 2. The summed E-state index contributed by atoms with van der Waals surface area (Å²) in [5.41, 5.74) is 11.2. The van der Waals surface area contributed by atoms with Crippen molar-refractivity contribution in [2.24, 2.45) is 10.2 Å². The fourth-order valence-electron chi connectivity index (χ4n) is 3.73. The van der Waals surface area contributed by atoms with Gasteiger partial charge in [-0.15, -0.1) is 0 Å². The van der Waals surface area contributed by atoms with Crippen LogP contribution in [0.15, 0.2) is 46.6 Å². The topological polar surface area (TPSA) is 101 Å². The maximum atomic E-state index is 12.0. The van der Waals surface area contributed by atoms with Crippen LogP contribution in [0.4, 0.5) is 0 Å². The van der Waals surface area contributed by atoms with Crippen LogP contribution in [0.25, 0.3) is 0 Å². The minimum Gasteiger partial charge on any atom is -0.484 e. The summed E-state index contributed by atoms with van der Waals surface area (Å²) < 4.78 is 11.1. The maximum absolute atomic E-state index is 12.0. The van der Waals surface area contributed by atoms with E-state index in [0.717, 1.165) is 33.7 Å². The van der Waals surface area contributed by atoms with E-state index in [9.17, 15) is 9.59 Å². The van der Waals surface area contributed by atoms with Crippen molar-refractivity contribution in [3.8, 4) is 11.5 Å². The average Bonchev–Trinajstić information content (AvgIpc) is 2.78. The molecular weight excluding hydrogens is 432 g/mol. The Morgan fingerprint density at radius 1 is 0.647 bits per heavy atom. The number of rotatable bonds is 8. The van der Waals surface area contributed by atoms with Gasteiger partial charge in [0.05, 0.1) is 0 Å². The smallest absolute Gasteiger partial charge is 0.277 e. The van der Waals surface area contributed by atoms with E-state index < -0.39 is 0 Å². The van der Waals surface area contributed by atoms with Crippen molar-refractivity contribution >= 4 is 23.2 Å². The fourth-order valence-corrected chi connectivity index (χ4v) is 3.73. The molecule has 1 saturated carbocycles. The number of ether oxygens (including phenoxy) is 2. The number of carbonyl (C=O) groups excluding carboxylic acids is 2. The Kier molecular flexibility index (Phi) is 8.79. The summed E-state index contributed by atoms with van der Waals surface area (Å²) in [7, 11) is 0. The molecule has 0 spiro atoms. The Hall–Kier alpha value is -3.68. The van der Waals surface area contributed by atoms with Crippen molar-refractivity contribution in [3.05, 3.63) is 58.7 Å². The maximum Gasteiger partial charge on any atom is 0.277 e. The molecule has 8 heteroatoms. The number of aryl methyl sites for hydroxylation is 4. The number of hydrogen-bond donors (Lipinski definition) is 2. The molecule has 2 aromatic carbocycles. The lowest BCUT2D eigenvalue weighted by atomic mass is 9.97. The number of nitrogens with one attached hydrogen (secondary N) is 2. The Balaban J connectivity index is 1.36. The quantitative estimate of drug-likeness (QED) is 0.579. The number of carbonyl (C=O) groups is 2. The molecule has 0 atom stereocenters. The number of benzene rings is 2. The molecule has 3 rings (SSSR count). The summed E-state index contributed by atoms with van der Waals surface area (Å²) in [6.45, 7) is 7.75. The third-order valence-corrected chi connectivity index (χ3v) is 5.21. The standard InChI is InChI=1S/C26H32N4O4/c1-17-9-18(2)12-23(11-17)33-15-25(31)29-27-21-5-7-22(8-6-21)28-30-26(32)16-34-24-13-19(3)10-20(4)14-24/h9-14H,5-8,15-16H2,1-4H3,(H,29,31)(H,30,32). The first kappa shape index (κ1) is 25.0. The highest BCUT2D eigenvalue weighted by molar-refractivity contribution is 5.99. The molecule has 0 radical (unpaired) electrons. The van der Waals surface area contributed by atoms with Crippen molar-refractivity contribution in [1.29, 1.82) is 0 Å². The van der Waals surface area contributed by atoms with Crippen LogP contribution in [0.5, 0.6) is 11.5 Å². The molecule has 0 saturated heterocycles. The molecule has 1 fully saturated rings.